The first-order valence-corrected chi connectivity index (χ1v) is 43.6. The highest BCUT2D eigenvalue weighted by molar-refractivity contribution is 9.10. The Kier molecular flexibility index (Phi) is 30.1. The van der Waals surface area contributed by atoms with Crippen molar-refractivity contribution in [3.05, 3.63) is 148 Å². The summed E-state index contributed by atoms with van der Waals surface area (Å²) in [5.74, 6) is 6.05. The minimum absolute atomic E-state index is 0. The van der Waals surface area contributed by atoms with Gasteiger partial charge in [-0.25, -0.2) is 58.0 Å². The molecule has 0 aliphatic carbocycles. The van der Waals surface area contributed by atoms with Crippen LogP contribution < -0.4 is 16.5 Å². The van der Waals surface area contributed by atoms with Crippen LogP contribution in [0, 0.1) is 11.8 Å². The molecule has 32 heteroatoms. The van der Waals surface area contributed by atoms with Gasteiger partial charge in [0.05, 0.1) is 63.7 Å². The zero-order valence-corrected chi connectivity index (χ0v) is 71.2. The van der Waals surface area contributed by atoms with Crippen molar-refractivity contribution >= 4 is 120 Å². The number of aromatic nitrogens is 2. The molecule has 5 aromatic carbocycles. The maximum absolute atomic E-state index is 13.3. The van der Waals surface area contributed by atoms with Gasteiger partial charge < -0.3 is 54.4 Å². The third kappa shape index (κ3) is 24.6. The Hall–Kier alpha value is -6.86. The van der Waals surface area contributed by atoms with E-state index in [4.69, 9.17) is 29.3 Å². The topological polar surface area (TPSA) is 328 Å². The molecule has 5 aliphatic heterocycles. The standard InChI is InChI=1S/C28H30N4O5S.C22H34BNO6S.C16H22BrNO4S.C11H14BrNO2S.ClH/c1-28(2,3)37-27(34)32-15-13-23(14-16-32)38(35,36)22-10-8-20(9-11-22)25-18-30-26(29)24(31-25)12-7-19-5-4-6-21(33)17-19;1-20(2,3)28-19(25)24-14-12-18(13-15-24)31(26,27)17-10-8-16(9-11-17)23-29-21(4,5)22(6,7)30-23;1-16(2,3)22-15(19)18-10-8-14(9-11-18)23(20,21)13-6-4-12(17)5-7-13;12-9-1-3-10(4-2-9)16(14,15)11-5-7-13-8-6-11;/h4-6,8-11,17-18,23,33H,13-16H2,1-3H3,(H2,29,30);8-11,18H,12-15H2,1-7H3;4-7,14H,8-11H2,1-3H3;1-4,11,13H,5-8H2;1H. The average molecular weight is 1730 g/mol. The molecule has 0 bridgehead atoms. The molecule has 6 aromatic rings. The summed E-state index contributed by atoms with van der Waals surface area (Å²) in [5, 5.41) is 11.0. The Morgan fingerprint density at radius 1 is 0.523 bits per heavy atom. The fourth-order valence-corrected chi connectivity index (χ4v) is 19.6. The number of nitrogens with zero attached hydrogens (tertiary/aromatic N) is 5. The number of likely N-dealkylation sites (tertiary alicyclic amines) is 3. The summed E-state index contributed by atoms with van der Waals surface area (Å²) in [6.45, 7) is 28.0. The van der Waals surface area contributed by atoms with E-state index in [0.717, 1.165) is 27.5 Å². The minimum Gasteiger partial charge on any atom is -0.508 e. The van der Waals surface area contributed by atoms with Gasteiger partial charge in [0.2, 0.25) is 0 Å². The number of hydrogen-bond acceptors (Lipinski definition) is 21. The van der Waals surface area contributed by atoms with Crippen LogP contribution in [0.5, 0.6) is 5.75 Å². The van der Waals surface area contributed by atoms with Crippen molar-refractivity contribution in [2.45, 2.75) is 210 Å². The van der Waals surface area contributed by atoms with Gasteiger partial charge in [0, 0.05) is 59.3 Å². The number of amides is 3. The van der Waals surface area contributed by atoms with Crippen molar-refractivity contribution in [1.82, 2.24) is 30.0 Å². The fraction of sp³-hybridized carbons (Fsp3) is 0.494. The van der Waals surface area contributed by atoms with Crippen molar-refractivity contribution in [3.8, 4) is 28.8 Å². The monoisotopic (exact) mass is 1730 g/mol. The van der Waals surface area contributed by atoms with Crippen molar-refractivity contribution in [3.63, 3.8) is 0 Å². The number of carbonyl (C=O) groups is 3. The van der Waals surface area contributed by atoms with Gasteiger partial charge in [-0.05, 0) is 257 Å². The lowest BCUT2D eigenvalue weighted by Gasteiger charge is -2.33. The second kappa shape index (κ2) is 36.7. The number of sulfone groups is 4. The molecule has 3 amide bonds. The SMILES string of the molecule is CC(C)(C)OC(=O)N1CCC(S(=O)(=O)c2ccc(-c3cnc(N)c(C#Cc4cccc(O)c4)n3)cc2)CC1.CC(C)(C)OC(=O)N1CCC(S(=O)(=O)c2ccc(B3OC(C)(C)C(C)(C)O3)cc2)CC1.CC(C)(C)OC(=O)N1CCC(S(=O)(=O)c2ccc(Br)cc2)CC1.Cl.O=S(=O)(c1ccc(Br)cc1)C1CCNCC1. The van der Waals surface area contributed by atoms with E-state index in [0.29, 0.717) is 117 Å². The van der Waals surface area contributed by atoms with E-state index >= 15 is 0 Å². The number of halogens is 3. The molecule has 594 valence electrons. The molecule has 11 rings (SSSR count). The molecule has 6 heterocycles. The molecular weight excluding hydrogens is 1630 g/mol. The van der Waals surface area contributed by atoms with Gasteiger partial charge in [-0.3, -0.25) is 0 Å². The first kappa shape index (κ1) is 89.3. The van der Waals surface area contributed by atoms with Crippen LogP contribution in [0.4, 0.5) is 20.2 Å². The Morgan fingerprint density at radius 3 is 1.19 bits per heavy atom. The van der Waals surface area contributed by atoms with Gasteiger partial charge in [0.15, 0.2) is 50.9 Å². The van der Waals surface area contributed by atoms with Crippen molar-refractivity contribution in [1.29, 1.82) is 0 Å². The molecule has 109 heavy (non-hydrogen) atoms. The lowest BCUT2D eigenvalue weighted by Crippen LogP contribution is -2.44. The molecule has 0 spiro atoms. The lowest BCUT2D eigenvalue weighted by molar-refractivity contribution is 0.00578. The Bertz CT molecular complexity index is 4650. The second-order valence-corrected chi connectivity index (χ2v) is 41.8. The highest BCUT2D eigenvalue weighted by Crippen LogP contribution is 2.38. The number of nitrogens with one attached hydrogen (secondary N) is 1. The molecule has 5 fully saturated rings. The van der Waals surface area contributed by atoms with E-state index in [1.807, 2.05) is 69.2 Å². The summed E-state index contributed by atoms with van der Waals surface area (Å²) >= 11 is 6.61. The van der Waals surface area contributed by atoms with Crippen LogP contribution in [0.2, 0.25) is 0 Å². The molecule has 5 saturated heterocycles. The van der Waals surface area contributed by atoms with Crippen LogP contribution >= 0.6 is 44.3 Å². The third-order valence-electron chi connectivity index (χ3n) is 18.8. The number of phenols is 1. The summed E-state index contributed by atoms with van der Waals surface area (Å²) in [7, 11) is -14.1. The van der Waals surface area contributed by atoms with Crippen molar-refractivity contribution in [2.24, 2.45) is 0 Å². The molecule has 0 unspecified atom stereocenters. The number of ether oxygens (including phenoxy) is 3. The number of aromatic hydroxyl groups is 1. The van der Waals surface area contributed by atoms with Crippen LogP contribution in [-0.2, 0) is 62.9 Å². The van der Waals surface area contributed by atoms with E-state index in [1.54, 1.807) is 151 Å². The van der Waals surface area contributed by atoms with Gasteiger partial charge in [-0.2, -0.15) is 0 Å². The fourth-order valence-electron chi connectivity index (χ4n) is 12.1. The summed E-state index contributed by atoms with van der Waals surface area (Å²) < 4.78 is 133. The lowest BCUT2D eigenvalue weighted by atomic mass is 9.79. The van der Waals surface area contributed by atoms with E-state index in [-0.39, 0.29) is 50.8 Å². The maximum Gasteiger partial charge on any atom is 0.494 e. The van der Waals surface area contributed by atoms with E-state index < -0.39 is 102 Å². The number of hydrogen-bond donors (Lipinski definition) is 3. The van der Waals surface area contributed by atoms with Crippen molar-refractivity contribution < 1.29 is 76.7 Å². The van der Waals surface area contributed by atoms with Crippen LogP contribution in [-0.4, -0.2) is 190 Å². The number of benzene rings is 5. The van der Waals surface area contributed by atoms with Gasteiger partial charge >= 0.3 is 25.4 Å². The molecule has 1 aromatic heterocycles. The highest BCUT2D eigenvalue weighted by Gasteiger charge is 2.52. The summed E-state index contributed by atoms with van der Waals surface area (Å²) in [4.78, 5) is 51.2. The van der Waals surface area contributed by atoms with Gasteiger partial charge in [-0.1, -0.05) is 68.1 Å². The van der Waals surface area contributed by atoms with Crippen molar-refractivity contribution in [2.75, 3.05) is 58.1 Å². The summed E-state index contributed by atoms with van der Waals surface area (Å²) in [5.41, 5.74) is 6.15. The van der Waals surface area contributed by atoms with Crippen LogP contribution in [0.3, 0.4) is 0 Å². The zero-order valence-electron chi connectivity index (χ0n) is 63.9. The van der Waals surface area contributed by atoms with Gasteiger partial charge in [0.25, 0.3) is 0 Å². The predicted octanol–water partition coefficient (Wildman–Crippen LogP) is 13.2. The number of rotatable bonds is 10. The average Bonchev–Trinajstić information content (AvgIpc) is 1.66. The third-order valence-corrected chi connectivity index (χ3v) is 29.0. The molecule has 0 radical (unpaired) electrons. The normalized spacial score (nSPS) is 17.6. The number of anilines is 1. The molecule has 4 N–H and O–H groups in total. The van der Waals surface area contributed by atoms with Gasteiger partial charge in [-0.15, -0.1) is 12.4 Å². The summed E-state index contributed by atoms with van der Waals surface area (Å²) in [6, 6.07) is 33.3. The molecular formula is C77H101BBr2ClN7O17S4. The zero-order chi connectivity index (χ0) is 79.6. The largest absolute Gasteiger partial charge is 0.508 e. The minimum atomic E-state index is -3.58. The van der Waals surface area contributed by atoms with E-state index in [2.05, 4.69) is 59.0 Å². The number of piperidine rings is 4. The first-order valence-electron chi connectivity index (χ1n) is 35.9. The van der Waals surface area contributed by atoms with Crippen LogP contribution in [0.15, 0.2) is 156 Å². The molecule has 24 nitrogen and oxygen atoms in total. The number of nitrogen functional groups attached to an aromatic ring is 1. The number of phenolic OH excluding ortho intramolecular Hbond substituents is 1. The predicted molar refractivity (Wildman–Crippen MR) is 431 cm³/mol. The Morgan fingerprint density at radius 2 is 0.853 bits per heavy atom. The smallest absolute Gasteiger partial charge is 0.494 e. The first-order chi connectivity index (χ1) is 50.2. The second-order valence-electron chi connectivity index (χ2n) is 31.0. The van der Waals surface area contributed by atoms with Gasteiger partial charge in [0.1, 0.15) is 22.6 Å². The summed E-state index contributed by atoms with van der Waals surface area (Å²) in [6.07, 6.45) is 4.04. The molecule has 0 atom stereocenters. The molecule has 5 aliphatic rings. The number of nitrogens with two attached hydrogens (primary N) is 1. The van der Waals surface area contributed by atoms with Crippen LogP contribution in [0.25, 0.3) is 11.3 Å². The highest BCUT2D eigenvalue weighted by atomic mass is 79.9. The number of carbonyl (C=O) groups excluding carboxylic acids is 3. The Balaban J connectivity index is 0.000000210. The van der Waals surface area contributed by atoms with E-state index in [1.165, 1.54) is 12.3 Å². The quantitative estimate of drug-likeness (QED) is 0.0651. The Labute approximate surface area is 666 Å². The maximum atomic E-state index is 13.3. The van der Waals surface area contributed by atoms with E-state index in [9.17, 15) is 53.2 Å². The van der Waals surface area contributed by atoms with Crippen LogP contribution in [0.1, 0.15) is 153 Å². The molecule has 0 saturated carbocycles.